The van der Waals surface area contributed by atoms with Crippen LogP contribution in [-0.2, 0) is 6.42 Å². The first-order valence-electron chi connectivity index (χ1n) is 8.21. The number of aromatic hydroxyl groups is 4. The summed E-state index contributed by atoms with van der Waals surface area (Å²) in [7, 11) is 0. The van der Waals surface area contributed by atoms with Gasteiger partial charge in [-0.1, -0.05) is 23.8 Å². The van der Waals surface area contributed by atoms with E-state index in [0.29, 0.717) is 5.56 Å². The fourth-order valence-electron chi connectivity index (χ4n) is 2.95. The van der Waals surface area contributed by atoms with Crippen molar-refractivity contribution in [3.63, 3.8) is 0 Å². The number of allylic oxidation sites excluding steroid dienone is 2. The Balaban J connectivity index is 2.12. The molecule has 0 radical (unpaired) electrons. The Kier molecular flexibility index (Phi) is 4.50. The van der Waals surface area contributed by atoms with E-state index in [0.717, 1.165) is 5.57 Å². The lowest BCUT2D eigenvalue weighted by Crippen LogP contribution is -2.21. The van der Waals surface area contributed by atoms with Crippen LogP contribution in [-0.4, -0.2) is 26.2 Å². The Morgan fingerprint density at radius 1 is 1.08 bits per heavy atom. The van der Waals surface area contributed by atoms with E-state index in [9.17, 15) is 25.2 Å². The van der Waals surface area contributed by atoms with Gasteiger partial charge in [0, 0.05) is 5.56 Å². The number of fused-ring (bicyclic) bond motifs is 1. The van der Waals surface area contributed by atoms with Gasteiger partial charge in [-0.3, -0.25) is 4.79 Å². The largest absolute Gasteiger partial charge is 0.508 e. The molecular weight excluding hydrogens is 336 g/mol. The zero-order chi connectivity index (χ0) is 19.0. The van der Waals surface area contributed by atoms with Crippen LogP contribution in [0.1, 0.15) is 47.9 Å². The van der Waals surface area contributed by atoms with Crippen molar-refractivity contribution in [1.29, 1.82) is 0 Å². The van der Waals surface area contributed by atoms with E-state index in [1.54, 1.807) is 12.1 Å². The molecule has 26 heavy (non-hydrogen) atoms. The molecule has 2 aromatic rings. The molecule has 2 aromatic carbocycles. The fourth-order valence-corrected chi connectivity index (χ4v) is 2.95. The molecule has 6 heteroatoms. The molecule has 0 aromatic heterocycles. The third kappa shape index (κ3) is 3.06. The van der Waals surface area contributed by atoms with Crippen LogP contribution in [0, 0.1) is 0 Å². The maximum absolute atomic E-state index is 12.6. The minimum Gasteiger partial charge on any atom is -0.508 e. The number of carbonyl (C=O) groups excluding carboxylic acids is 1. The summed E-state index contributed by atoms with van der Waals surface area (Å²) in [5.74, 6) is -2.12. The first-order chi connectivity index (χ1) is 12.3. The molecular formula is C20H20O6. The Labute approximate surface area is 150 Å². The highest BCUT2D eigenvalue weighted by atomic mass is 16.5. The van der Waals surface area contributed by atoms with Crippen molar-refractivity contribution >= 4 is 5.78 Å². The van der Waals surface area contributed by atoms with Crippen LogP contribution in [0.25, 0.3) is 0 Å². The first kappa shape index (κ1) is 17.7. The Bertz CT molecular complexity index is 892. The molecule has 0 spiro atoms. The van der Waals surface area contributed by atoms with Gasteiger partial charge in [-0.15, -0.1) is 0 Å². The van der Waals surface area contributed by atoms with Gasteiger partial charge in [0.1, 0.15) is 23.2 Å². The minimum absolute atomic E-state index is 0.0301. The lowest BCUT2D eigenvalue weighted by molar-refractivity contribution is 0.0840. The molecule has 0 saturated heterocycles. The van der Waals surface area contributed by atoms with Gasteiger partial charge in [-0.2, -0.15) is 0 Å². The van der Waals surface area contributed by atoms with Gasteiger partial charge >= 0.3 is 0 Å². The molecule has 0 amide bonds. The van der Waals surface area contributed by atoms with E-state index in [1.165, 1.54) is 12.1 Å². The van der Waals surface area contributed by atoms with Crippen LogP contribution in [0.15, 0.2) is 35.9 Å². The lowest BCUT2D eigenvalue weighted by atomic mass is 9.91. The highest BCUT2D eigenvalue weighted by Crippen LogP contribution is 2.51. The van der Waals surface area contributed by atoms with Gasteiger partial charge < -0.3 is 25.2 Å². The molecule has 136 valence electrons. The van der Waals surface area contributed by atoms with Crippen LogP contribution in [0.5, 0.6) is 28.7 Å². The van der Waals surface area contributed by atoms with Crippen LogP contribution in [0.4, 0.5) is 0 Å². The van der Waals surface area contributed by atoms with Crippen molar-refractivity contribution in [3.05, 3.63) is 52.6 Å². The van der Waals surface area contributed by atoms with Gasteiger partial charge in [0.05, 0.1) is 6.42 Å². The molecule has 1 aliphatic heterocycles. The number of benzene rings is 2. The molecule has 3 rings (SSSR count). The molecule has 1 atom stereocenters. The first-order valence-corrected chi connectivity index (χ1v) is 8.21. The summed E-state index contributed by atoms with van der Waals surface area (Å²) in [5.41, 5.74) is 1.80. The number of phenolic OH excluding ortho intramolecular Hbond substituents is 4. The van der Waals surface area contributed by atoms with E-state index in [4.69, 9.17) is 4.74 Å². The smallest absolute Gasteiger partial charge is 0.201 e. The average molecular weight is 356 g/mol. The number of hydrogen-bond acceptors (Lipinski definition) is 6. The van der Waals surface area contributed by atoms with Gasteiger partial charge in [0.15, 0.2) is 17.3 Å². The predicted molar refractivity (Wildman–Crippen MR) is 95.0 cm³/mol. The highest BCUT2D eigenvalue weighted by molar-refractivity contribution is 6.04. The summed E-state index contributed by atoms with van der Waals surface area (Å²) >= 11 is 0. The van der Waals surface area contributed by atoms with Crippen LogP contribution in [0.2, 0.25) is 0 Å². The number of phenols is 4. The van der Waals surface area contributed by atoms with Gasteiger partial charge in [0.2, 0.25) is 5.75 Å². The second kappa shape index (κ2) is 6.63. The van der Waals surface area contributed by atoms with Gasteiger partial charge in [0.25, 0.3) is 0 Å². The summed E-state index contributed by atoms with van der Waals surface area (Å²) in [6, 6.07) is 6.28. The van der Waals surface area contributed by atoms with E-state index in [2.05, 4.69) is 0 Å². The predicted octanol–water partition coefficient (Wildman–Crippen LogP) is 3.72. The van der Waals surface area contributed by atoms with Gasteiger partial charge in [-0.05, 0) is 38.0 Å². The molecule has 6 nitrogen and oxygen atoms in total. The third-order valence-electron chi connectivity index (χ3n) is 4.36. The van der Waals surface area contributed by atoms with Crippen LogP contribution >= 0.6 is 0 Å². The van der Waals surface area contributed by atoms with Crippen molar-refractivity contribution in [3.8, 4) is 28.7 Å². The molecule has 0 aliphatic carbocycles. The monoisotopic (exact) mass is 356 g/mol. The number of ketones is 1. The molecule has 1 heterocycles. The summed E-state index contributed by atoms with van der Waals surface area (Å²) in [4.78, 5) is 12.6. The SMILES string of the molecule is CC(C)=CCc1c(O)c(O)c(O)c2c1O[C@H](c1ccc(O)cc1)CC2=O. The standard InChI is InChI=1S/C20H20O6/c1-10(2)3-8-13-17(23)19(25)18(24)16-14(22)9-15(26-20(13)16)11-4-6-12(21)7-5-11/h3-7,15,21,23-25H,8-9H2,1-2H3/t15-/m0/s1. The maximum Gasteiger partial charge on any atom is 0.201 e. The van der Waals surface area contributed by atoms with Crippen molar-refractivity contribution in [1.82, 2.24) is 0 Å². The topological polar surface area (TPSA) is 107 Å². The zero-order valence-electron chi connectivity index (χ0n) is 14.5. The van der Waals surface area contributed by atoms with E-state index >= 15 is 0 Å². The summed E-state index contributed by atoms with van der Waals surface area (Å²) in [5, 5.41) is 39.8. The van der Waals surface area contributed by atoms with E-state index < -0.39 is 29.1 Å². The van der Waals surface area contributed by atoms with Crippen molar-refractivity contribution in [2.75, 3.05) is 0 Å². The Morgan fingerprint density at radius 3 is 2.35 bits per heavy atom. The summed E-state index contributed by atoms with van der Waals surface area (Å²) in [6.45, 7) is 3.77. The quantitative estimate of drug-likeness (QED) is 0.493. The summed E-state index contributed by atoms with van der Waals surface area (Å²) in [6.07, 6.45) is 1.41. The number of ether oxygens (including phenoxy) is 1. The van der Waals surface area contributed by atoms with Crippen molar-refractivity contribution < 1.29 is 30.0 Å². The van der Waals surface area contributed by atoms with Gasteiger partial charge in [-0.25, -0.2) is 0 Å². The minimum atomic E-state index is -0.721. The van der Waals surface area contributed by atoms with Crippen molar-refractivity contribution in [2.24, 2.45) is 0 Å². The second-order valence-electron chi connectivity index (χ2n) is 6.54. The molecule has 0 saturated carbocycles. The fraction of sp³-hybridized carbons (Fsp3) is 0.250. The Morgan fingerprint density at radius 2 is 1.73 bits per heavy atom. The maximum atomic E-state index is 12.6. The van der Waals surface area contributed by atoms with Crippen LogP contribution < -0.4 is 4.74 Å². The molecule has 1 aliphatic rings. The number of carbonyl (C=O) groups is 1. The lowest BCUT2D eigenvalue weighted by Gasteiger charge is -2.28. The van der Waals surface area contributed by atoms with E-state index in [-0.39, 0.29) is 35.5 Å². The normalized spacial score (nSPS) is 15.9. The molecule has 4 N–H and O–H groups in total. The third-order valence-corrected chi connectivity index (χ3v) is 4.36. The summed E-state index contributed by atoms with van der Waals surface area (Å²) < 4.78 is 5.95. The molecule has 0 fully saturated rings. The zero-order valence-corrected chi connectivity index (χ0v) is 14.5. The Hall–Kier alpha value is -3.15. The number of hydrogen-bond donors (Lipinski definition) is 4. The second-order valence-corrected chi connectivity index (χ2v) is 6.54. The molecule has 0 unspecified atom stereocenters. The number of rotatable bonds is 3. The highest BCUT2D eigenvalue weighted by Gasteiger charge is 2.35. The average Bonchev–Trinajstić information content (AvgIpc) is 2.59. The molecule has 0 bridgehead atoms. The van der Waals surface area contributed by atoms with Crippen molar-refractivity contribution in [2.45, 2.75) is 32.8 Å². The number of Topliss-reactive ketones (excluding diaryl/α,β-unsaturated/α-hetero) is 1. The van der Waals surface area contributed by atoms with E-state index in [1.807, 2.05) is 19.9 Å². The van der Waals surface area contributed by atoms with Crippen LogP contribution in [0.3, 0.4) is 0 Å².